The van der Waals surface area contributed by atoms with Crippen molar-refractivity contribution in [3.8, 4) is 12.3 Å². The zero-order valence-electron chi connectivity index (χ0n) is 6.76. The van der Waals surface area contributed by atoms with Gasteiger partial charge in [0.1, 0.15) is 6.04 Å². The number of nitrogens with one attached hydrogen (secondary N) is 2. The third kappa shape index (κ3) is 1.56. The van der Waals surface area contributed by atoms with Crippen molar-refractivity contribution in [2.75, 3.05) is 0 Å². The molecule has 0 saturated carbocycles. The van der Waals surface area contributed by atoms with Crippen molar-refractivity contribution in [2.24, 2.45) is 5.92 Å². The number of rotatable bonds is 2. The van der Waals surface area contributed by atoms with Gasteiger partial charge in [-0.2, -0.15) is 0 Å². The third-order valence-corrected chi connectivity index (χ3v) is 1.81. The van der Waals surface area contributed by atoms with Gasteiger partial charge in [0.15, 0.2) is 0 Å². The molecule has 1 aliphatic heterocycles. The van der Waals surface area contributed by atoms with Gasteiger partial charge < -0.3 is 5.32 Å². The van der Waals surface area contributed by atoms with Crippen LogP contribution in [0.25, 0.3) is 0 Å². The van der Waals surface area contributed by atoms with Gasteiger partial charge in [-0.15, -0.1) is 12.3 Å². The molecule has 0 aromatic rings. The topological polar surface area (TPSA) is 58.2 Å². The van der Waals surface area contributed by atoms with Crippen LogP contribution in [0.3, 0.4) is 0 Å². The first kappa shape index (κ1) is 8.60. The molecule has 0 spiro atoms. The highest BCUT2D eigenvalue weighted by Gasteiger charge is 2.33. The van der Waals surface area contributed by atoms with Crippen LogP contribution in [0.4, 0.5) is 4.79 Å². The van der Waals surface area contributed by atoms with Crippen molar-refractivity contribution in [3.63, 3.8) is 0 Å². The van der Waals surface area contributed by atoms with Crippen LogP contribution in [0, 0.1) is 18.3 Å². The SMILES string of the molecule is C#CC[C@H](C)C1NC(=O)NC1=O. The van der Waals surface area contributed by atoms with Crippen LogP contribution < -0.4 is 10.6 Å². The normalized spacial score (nSPS) is 24.2. The summed E-state index contributed by atoms with van der Waals surface area (Å²) in [4.78, 5) is 21.7. The summed E-state index contributed by atoms with van der Waals surface area (Å²) < 4.78 is 0. The molecule has 1 heterocycles. The largest absolute Gasteiger partial charge is 0.326 e. The van der Waals surface area contributed by atoms with E-state index in [0.29, 0.717) is 6.42 Å². The zero-order valence-corrected chi connectivity index (χ0v) is 6.76. The molecule has 1 rings (SSSR count). The number of amides is 3. The molecule has 3 amide bonds. The van der Waals surface area contributed by atoms with Crippen LogP contribution >= 0.6 is 0 Å². The molecule has 1 saturated heterocycles. The van der Waals surface area contributed by atoms with Crippen LogP contribution in [0.2, 0.25) is 0 Å². The van der Waals surface area contributed by atoms with E-state index < -0.39 is 12.1 Å². The molecule has 64 valence electrons. The minimum Gasteiger partial charge on any atom is -0.326 e. The number of hydrogen-bond acceptors (Lipinski definition) is 2. The van der Waals surface area contributed by atoms with E-state index in [2.05, 4.69) is 16.6 Å². The molecule has 0 aliphatic carbocycles. The highest BCUT2D eigenvalue weighted by atomic mass is 16.2. The Balaban J connectivity index is 2.59. The lowest BCUT2D eigenvalue weighted by Gasteiger charge is -2.12. The maximum atomic E-state index is 11.0. The Morgan fingerprint density at radius 2 is 2.33 bits per heavy atom. The summed E-state index contributed by atoms with van der Waals surface area (Å²) in [6.07, 6.45) is 5.57. The fraction of sp³-hybridized carbons (Fsp3) is 0.500. The highest BCUT2D eigenvalue weighted by molar-refractivity contribution is 6.04. The first-order valence-electron chi connectivity index (χ1n) is 3.70. The molecule has 0 aromatic heterocycles. The number of imide groups is 1. The van der Waals surface area contributed by atoms with Crippen LogP contribution in [0.1, 0.15) is 13.3 Å². The van der Waals surface area contributed by atoms with E-state index in [4.69, 9.17) is 6.42 Å². The van der Waals surface area contributed by atoms with E-state index in [1.807, 2.05) is 6.92 Å². The van der Waals surface area contributed by atoms with Crippen molar-refractivity contribution in [2.45, 2.75) is 19.4 Å². The molecule has 1 fully saturated rings. The predicted octanol–water partition coefficient (Wildman–Crippen LogP) is -0.146. The van der Waals surface area contributed by atoms with Gasteiger partial charge in [-0.1, -0.05) is 6.92 Å². The quantitative estimate of drug-likeness (QED) is 0.443. The molecular weight excluding hydrogens is 156 g/mol. The Bertz CT molecular complexity index is 254. The fourth-order valence-corrected chi connectivity index (χ4v) is 1.14. The molecule has 0 radical (unpaired) electrons. The van der Waals surface area contributed by atoms with E-state index >= 15 is 0 Å². The standard InChI is InChI=1S/C8H10N2O2/c1-3-4-5(2)6-7(11)10-8(12)9-6/h1,5-6H,4H2,2H3,(H2,9,10,11,12)/t5-,6?/m0/s1. The van der Waals surface area contributed by atoms with Crippen molar-refractivity contribution < 1.29 is 9.59 Å². The lowest BCUT2D eigenvalue weighted by molar-refractivity contribution is -0.121. The van der Waals surface area contributed by atoms with Crippen molar-refractivity contribution in [1.82, 2.24) is 10.6 Å². The average molecular weight is 166 g/mol. The van der Waals surface area contributed by atoms with Crippen molar-refractivity contribution in [1.29, 1.82) is 0 Å². The summed E-state index contributed by atoms with van der Waals surface area (Å²) in [7, 11) is 0. The Kier molecular flexibility index (Phi) is 2.34. The second-order valence-corrected chi connectivity index (χ2v) is 2.83. The summed E-state index contributed by atoms with van der Waals surface area (Å²) in [5, 5.41) is 4.64. The molecule has 4 heteroatoms. The van der Waals surface area contributed by atoms with E-state index in [1.54, 1.807) is 0 Å². The summed E-state index contributed by atoms with van der Waals surface area (Å²) in [5.41, 5.74) is 0. The van der Waals surface area contributed by atoms with Crippen molar-refractivity contribution >= 4 is 11.9 Å². The number of hydrogen-bond donors (Lipinski definition) is 2. The van der Waals surface area contributed by atoms with Gasteiger partial charge in [0.05, 0.1) is 0 Å². The van der Waals surface area contributed by atoms with E-state index in [9.17, 15) is 9.59 Å². The maximum Gasteiger partial charge on any atom is 0.322 e. The molecule has 2 N–H and O–H groups in total. The van der Waals surface area contributed by atoms with Gasteiger partial charge in [0, 0.05) is 6.42 Å². The first-order chi connectivity index (χ1) is 5.65. The number of terminal acetylenes is 1. The van der Waals surface area contributed by atoms with Crippen molar-refractivity contribution in [3.05, 3.63) is 0 Å². The smallest absolute Gasteiger partial charge is 0.322 e. The lowest BCUT2D eigenvalue weighted by atomic mass is 9.99. The van der Waals surface area contributed by atoms with Crippen LogP contribution in [0.15, 0.2) is 0 Å². The molecular formula is C8H10N2O2. The average Bonchev–Trinajstić information content (AvgIpc) is 2.30. The first-order valence-corrected chi connectivity index (χ1v) is 3.70. The predicted molar refractivity (Wildman–Crippen MR) is 43.1 cm³/mol. The van der Waals surface area contributed by atoms with Crippen LogP contribution in [0.5, 0.6) is 0 Å². The third-order valence-electron chi connectivity index (χ3n) is 1.81. The molecule has 0 bridgehead atoms. The van der Waals surface area contributed by atoms with Crippen LogP contribution in [-0.2, 0) is 4.79 Å². The van der Waals surface area contributed by atoms with Gasteiger partial charge in [0.25, 0.3) is 5.91 Å². The maximum absolute atomic E-state index is 11.0. The molecule has 12 heavy (non-hydrogen) atoms. The summed E-state index contributed by atoms with van der Waals surface area (Å²) in [6.45, 7) is 1.83. The Hall–Kier alpha value is -1.50. The summed E-state index contributed by atoms with van der Waals surface area (Å²) in [6, 6.07) is -0.901. The Morgan fingerprint density at radius 1 is 1.67 bits per heavy atom. The molecule has 1 aliphatic rings. The second kappa shape index (κ2) is 3.26. The van der Waals surface area contributed by atoms with Gasteiger partial charge in [-0.25, -0.2) is 4.79 Å². The minimum absolute atomic E-state index is 0.0125. The van der Waals surface area contributed by atoms with Crippen LogP contribution in [-0.4, -0.2) is 18.0 Å². The minimum atomic E-state index is -0.464. The highest BCUT2D eigenvalue weighted by Crippen LogP contribution is 2.10. The zero-order chi connectivity index (χ0) is 9.14. The molecule has 4 nitrogen and oxygen atoms in total. The van der Waals surface area contributed by atoms with Gasteiger partial charge in [0.2, 0.25) is 0 Å². The summed E-state index contributed by atoms with van der Waals surface area (Å²) >= 11 is 0. The van der Waals surface area contributed by atoms with Gasteiger partial charge in [-0.3, -0.25) is 10.1 Å². The number of carbonyl (C=O) groups is 2. The van der Waals surface area contributed by atoms with E-state index in [0.717, 1.165) is 0 Å². The number of urea groups is 1. The summed E-state index contributed by atoms with van der Waals surface area (Å²) in [5.74, 6) is 2.15. The van der Waals surface area contributed by atoms with Gasteiger partial charge in [-0.05, 0) is 5.92 Å². The monoisotopic (exact) mass is 166 g/mol. The Labute approximate surface area is 70.7 Å². The van der Waals surface area contributed by atoms with E-state index in [1.165, 1.54) is 0 Å². The second-order valence-electron chi connectivity index (χ2n) is 2.83. The lowest BCUT2D eigenvalue weighted by Crippen LogP contribution is -2.35. The Morgan fingerprint density at radius 3 is 2.75 bits per heavy atom. The molecule has 1 unspecified atom stereocenters. The fourth-order valence-electron chi connectivity index (χ4n) is 1.14. The number of carbonyl (C=O) groups excluding carboxylic acids is 2. The molecule has 0 aromatic carbocycles. The van der Waals surface area contributed by atoms with E-state index in [-0.39, 0.29) is 11.8 Å². The van der Waals surface area contributed by atoms with Gasteiger partial charge >= 0.3 is 6.03 Å². The molecule has 2 atom stereocenters.